The quantitative estimate of drug-likeness (QED) is 0.414. The molecule has 0 spiro atoms. The Kier molecular flexibility index (Phi) is 7.82. The lowest BCUT2D eigenvalue weighted by molar-refractivity contribution is -0.208. The van der Waals surface area contributed by atoms with Crippen LogP contribution in [0.25, 0.3) is 0 Å². The van der Waals surface area contributed by atoms with E-state index in [-0.39, 0.29) is 41.9 Å². The Morgan fingerprint density at radius 2 is 1.87 bits per heavy atom. The van der Waals surface area contributed by atoms with Gasteiger partial charge in [0.2, 0.25) is 0 Å². The Labute approximate surface area is 226 Å². The predicted octanol–water partition coefficient (Wildman–Crippen LogP) is 1.99. The van der Waals surface area contributed by atoms with Gasteiger partial charge < -0.3 is 24.6 Å². The van der Waals surface area contributed by atoms with Gasteiger partial charge in [-0.3, -0.25) is 14.5 Å². The second kappa shape index (κ2) is 11.1. The topological polar surface area (TPSA) is 74.3 Å². The normalized spacial score (nSPS) is 41.0. The van der Waals surface area contributed by atoms with Crippen molar-refractivity contribution in [3.63, 3.8) is 0 Å². The zero-order chi connectivity index (χ0) is 26.4. The molecule has 0 aromatic carbocycles. The molecule has 6 aliphatic rings. The molecule has 3 aliphatic heterocycles. The second-order valence-electron chi connectivity index (χ2n) is 12.7. The van der Waals surface area contributed by atoms with Gasteiger partial charge in [0.15, 0.2) is 5.78 Å². The number of Topliss-reactive ketones (excluding diaryl/α,β-unsaturated/α-hetero) is 1. The van der Waals surface area contributed by atoms with Crippen LogP contribution in [0.15, 0.2) is 11.8 Å². The molecule has 212 valence electrons. The lowest BCUT2D eigenvalue weighted by atomic mass is 9.65. The van der Waals surface area contributed by atoms with Gasteiger partial charge in [0.25, 0.3) is 5.91 Å². The van der Waals surface area contributed by atoms with E-state index in [9.17, 15) is 9.59 Å². The molecule has 38 heavy (non-hydrogen) atoms. The summed E-state index contributed by atoms with van der Waals surface area (Å²) in [7, 11) is 3.35. The van der Waals surface area contributed by atoms with Crippen molar-refractivity contribution in [3.05, 3.63) is 11.8 Å². The van der Waals surface area contributed by atoms with Gasteiger partial charge in [0, 0.05) is 39.3 Å². The SMILES string of the molecule is CN(C)C(=O)C1=CN2C3CC4CCCCC4CC3OC3C(NCCCN4CCOCC4)C(F)CC(C1=O)C32. The Morgan fingerprint density at radius 3 is 2.61 bits per heavy atom. The van der Waals surface area contributed by atoms with Crippen LogP contribution < -0.4 is 5.32 Å². The molecule has 0 aromatic heterocycles. The minimum absolute atomic E-state index is 0.0133. The number of carbonyl (C=O) groups excluding carboxylic acids is 2. The highest BCUT2D eigenvalue weighted by molar-refractivity contribution is 6.20. The van der Waals surface area contributed by atoms with Crippen molar-refractivity contribution in [1.29, 1.82) is 0 Å². The Hall–Kier alpha value is -1.55. The van der Waals surface area contributed by atoms with Crippen LogP contribution >= 0.6 is 0 Å². The summed E-state index contributed by atoms with van der Waals surface area (Å²) >= 11 is 0. The number of hydrogen-bond donors (Lipinski definition) is 1. The number of halogens is 1. The summed E-state index contributed by atoms with van der Waals surface area (Å²) in [5.74, 6) is 0.305. The van der Waals surface area contributed by atoms with E-state index in [1.807, 2.05) is 6.20 Å². The summed E-state index contributed by atoms with van der Waals surface area (Å²) in [4.78, 5) is 32.8. The van der Waals surface area contributed by atoms with Gasteiger partial charge in [-0.05, 0) is 50.6 Å². The molecule has 8 nitrogen and oxygen atoms in total. The molecule has 5 fully saturated rings. The number of ketones is 1. The van der Waals surface area contributed by atoms with E-state index in [4.69, 9.17) is 9.47 Å². The molecule has 9 unspecified atom stereocenters. The number of amides is 1. The van der Waals surface area contributed by atoms with E-state index >= 15 is 4.39 Å². The number of ether oxygens (including phenoxy) is 2. The summed E-state index contributed by atoms with van der Waals surface area (Å²) in [6.45, 7) is 5.14. The highest BCUT2D eigenvalue weighted by Crippen LogP contribution is 2.50. The molecule has 3 heterocycles. The highest BCUT2D eigenvalue weighted by atomic mass is 19.1. The van der Waals surface area contributed by atoms with Crippen LogP contribution in [0.3, 0.4) is 0 Å². The first kappa shape index (κ1) is 26.7. The van der Waals surface area contributed by atoms with Gasteiger partial charge in [0.1, 0.15) is 6.17 Å². The fourth-order valence-corrected chi connectivity index (χ4v) is 8.32. The second-order valence-corrected chi connectivity index (χ2v) is 12.7. The zero-order valence-electron chi connectivity index (χ0n) is 23.0. The molecule has 0 radical (unpaired) electrons. The fraction of sp³-hybridized carbons (Fsp3) is 0.862. The minimum atomic E-state index is -1.19. The summed E-state index contributed by atoms with van der Waals surface area (Å²) in [6.07, 6.45) is 8.46. The van der Waals surface area contributed by atoms with E-state index < -0.39 is 24.2 Å². The van der Waals surface area contributed by atoms with Gasteiger partial charge in [-0.1, -0.05) is 25.7 Å². The third kappa shape index (κ3) is 4.93. The molecular weight excluding hydrogens is 487 g/mol. The predicted molar refractivity (Wildman–Crippen MR) is 141 cm³/mol. The smallest absolute Gasteiger partial charge is 0.258 e. The maximum atomic E-state index is 15.9. The maximum Gasteiger partial charge on any atom is 0.258 e. The molecule has 1 N–H and O–H groups in total. The first-order valence-electron chi connectivity index (χ1n) is 15.0. The Bertz CT molecular complexity index is 924. The van der Waals surface area contributed by atoms with Crippen LogP contribution in [0.2, 0.25) is 0 Å². The van der Waals surface area contributed by atoms with Crippen LogP contribution in [0.1, 0.15) is 51.4 Å². The van der Waals surface area contributed by atoms with Crippen molar-refractivity contribution < 1.29 is 23.5 Å². The summed E-state index contributed by atoms with van der Waals surface area (Å²) < 4.78 is 28.2. The third-order valence-corrected chi connectivity index (χ3v) is 10.3. The third-order valence-electron chi connectivity index (χ3n) is 10.3. The standard InChI is InChI=1S/C29H45FN4O4/c1-32(2)29(36)21-17-34-23-14-18-6-3-4-7-19(18)15-24(23)38-28-25(22(30)16-20(26(28)34)27(21)35)31-8-5-9-33-10-12-37-13-11-33/h17-20,22-26,28,31H,3-16H2,1-2H3. The molecule has 9 atom stereocenters. The van der Waals surface area contributed by atoms with Gasteiger partial charge in [-0.25, -0.2) is 4.39 Å². The molecule has 3 saturated carbocycles. The monoisotopic (exact) mass is 532 g/mol. The molecule has 0 bridgehead atoms. The first-order chi connectivity index (χ1) is 18.4. The molecule has 3 aliphatic carbocycles. The van der Waals surface area contributed by atoms with E-state index in [0.717, 1.165) is 52.1 Å². The Morgan fingerprint density at radius 1 is 1.13 bits per heavy atom. The van der Waals surface area contributed by atoms with E-state index in [1.54, 1.807) is 14.1 Å². The minimum Gasteiger partial charge on any atom is -0.379 e. The summed E-state index contributed by atoms with van der Waals surface area (Å²) in [6, 6.07) is -0.513. The maximum absolute atomic E-state index is 15.9. The van der Waals surface area contributed by atoms with Gasteiger partial charge in [-0.2, -0.15) is 0 Å². The van der Waals surface area contributed by atoms with Crippen molar-refractivity contribution in [2.45, 2.75) is 87.9 Å². The van der Waals surface area contributed by atoms with Gasteiger partial charge >= 0.3 is 0 Å². The lowest BCUT2D eigenvalue weighted by Crippen LogP contribution is -2.73. The first-order valence-corrected chi connectivity index (χ1v) is 15.0. The number of hydrogen-bond acceptors (Lipinski definition) is 7. The average Bonchev–Trinajstić information content (AvgIpc) is 2.92. The van der Waals surface area contributed by atoms with E-state index in [2.05, 4.69) is 15.1 Å². The highest BCUT2D eigenvalue weighted by Gasteiger charge is 2.59. The van der Waals surface area contributed by atoms with Crippen LogP contribution in [0, 0.1) is 17.8 Å². The molecule has 9 heteroatoms. The largest absolute Gasteiger partial charge is 0.379 e. The van der Waals surface area contributed by atoms with Crippen molar-refractivity contribution in [2.75, 3.05) is 53.5 Å². The fourth-order valence-electron chi connectivity index (χ4n) is 8.32. The zero-order valence-corrected chi connectivity index (χ0v) is 23.0. The van der Waals surface area contributed by atoms with E-state index in [1.165, 1.54) is 30.6 Å². The van der Waals surface area contributed by atoms with Gasteiger partial charge in [-0.15, -0.1) is 0 Å². The Balaban J connectivity index is 1.24. The number of likely N-dealkylation sites (N-methyl/N-ethyl adjacent to an activating group) is 1. The van der Waals surface area contributed by atoms with Gasteiger partial charge in [0.05, 0.1) is 49.1 Å². The summed E-state index contributed by atoms with van der Waals surface area (Å²) in [5, 5.41) is 3.53. The summed E-state index contributed by atoms with van der Waals surface area (Å²) in [5.41, 5.74) is 0.213. The molecular formula is C29H45FN4O4. The molecule has 6 rings (SSSR count). The number of carbonyl (C=O) groups is 2. The number of nitrogens with one attached hydrogen (secondary N) is 1. The number of morpholine rings is 2. The molecule has 2 saturated heterocycles. The number of rotatable bonds is 6. The van der Waals surface area contributed by atoms with Crippen molar-refractivity contribution >= 4 is 11.7 Å². The van der Waals surface area contributed by atoms with Crippen LogP contribution in [0.4, 0.5) is 4.39 Å². The average molecular weight is 533 g/mol. The molecule has 1 amide bonds. The van der Waals surface area contributed by atoms with Crippen molar-refractivity contribution in [1.82, 2.24) is 20.0 Å². The van der Waals surface area contributed by atoms with Crippen molar-refractivity contribution in [3.8, 4) is 0 Å². The van der Waals surface area contributed by atoms with E-state index in [0.29, 0.717) is 18.4 Å². The molecule has 0 aromatic rings. The van der Waals surface area contributed by atoms with Crippen molar-refractivity contribution in [2.24, 2.45) is 17.8 Å². The number of fused-ring (bicyclic) bond motifs is 3. The lowest BCUT2D eigenvalue weighted by Gasteiger charge is -2.61. The van der Waals surface area contributed by atoms with Crippen LogP contribution in [-0.4, -0.2) is 116 Å². The number of alkyl halides is 1. The van der Waals surface area contributed by atoms with Crippen LogP contribution in [-0.2, 0) is 19.1 Å². The number of nitrogens with zero attached hydrogens (tertiary/aromatic N) is 3. The van der Waals surface area contributed by atoms with Crippen LogP contribution in [0.5, 0.6) is 0 Å².